The van der Waals surface area contributed by atoms with Crippen LogP contribution >= 0.6 is 0 Å². The largest absolute Gasteiger partial charge is 0.494 e. The van der Waals surface area contributed by atoms with E-state index in [9.17, 15) is 14.9 Å². The van der Waals surface area contributed by atoms with Crippen LogP contribution in [0, 0.1) is 10.1 Å². The van der Waals surface area contributed by atoms with Gasteiger partial charge in [0.2, 0.25) is 0 Å². The zero-order valence-electron chi connectivity index (χ0n) is 12.6. The van der Waals surface area contributed by atoms with E-state index in [0.717, 1.165) is 0 Å². The quantitative estimate of drug-likeness (QED) is 0.666. The molecule has 0 saturated heterocycles. The molecule has 0 atom stereocenters. The summed E-state index contributed by atoms with van der Waals surface area (Å²) in [5.41, 5.74) is -0.133. The summed E-state index contributed by atoms with van der Waals surface area (Å²) in [6, 6.07) is 4.26. The summed E-state index contributed by atoms with van der Waals surface area (Å²) in [5, 5.41) is 13.4. The molecule has 0 aliphatic carbocycles. The van der Waals surface area contributed by atoms with E-state index in [0.29, 0.717) is 17.9 Å². The van der Waals surface area contributed by atoms with Crippen molar-refractivity contribution in [2.24, 2.45) is 0 Å². The number of nitro groups is 1. The highest BCUT2D eigenvalue weighted by atomic mass is 16.6. The average Bonchev–Trinajstić information content (AvgIpc) is 2.35. The van der Waals surface area contributed by atoms with Gasteiger partial charge in [0.1, 0.15) is 11.4 Å². The predicted molar refractivity (Wildman–Crippen MR) is 77.3 cm³/mol. The number of hydrogen-bond donors (Lipinski definition) is 1. The summed E-state index contributed by atoms with van der Waals surface area (Å²) in [6.07, 6.45) is -0.587. The molecule has 0 saturated carbocycles. The van der Waals surface area contributed by atoms with E-state index >= 15 is 0 Å². The molecule has 116 valence electrons. The number of carbonyl (C=O) groups is 1. The zero-order chi connectivity index (χ0) is 16.0. The maximum atomic E-state index is 11.6. The lowest BCUT2D eigenvalue weighted by molar-refractivity contribution is -0.384. The van der Waals surface area contributed by atoms with Gasteiger partial charge in [0.15, 0.2) is 0 Å². The van der Waals surface area contributed by atoms with Crippen molar-refractivity contribution < 1.29 is 19.2 Å². The maximum absolute atomic E-state index is 11.6. The Labute approximate surface area is 123 Å². The van der Waals surface area contributed by atoms with Crippen LogP contribution in [0.2, 0.25) is 0 Å². The highest BCUT2D eigenvalue weighted by molar-refractivity contribution is 5.68. The lowest BCUT2D eigenvalue weighted by atomic mass is 10.1. The predicted octanol–water partition coefficient (Wildman–Crippen LogP) is 3.02. The van der Waals surface area contributed by atoms with Crippen LogP contribution in [0.4, 0.5) is 10.5 Å². The third-order valence-electron chi connectivity index (χ3n) is 2.38. The first-order valence-electron chi connectivity index (χ1n) is 6.60. The third-order valence-corrected chi connectivity index (χ3v) is 2.38. The molecule has 21 heavy (non-hydrogen) atoms. The minimum absolute atomic E-state index is 0.0561. The molecule has 0 spiro atoms. The summed E-state index contributed by atoms with van der Waals surface area (Å²) >= 11 is 0. The topological polar surface area (TPSA) is 90.7 Å². The lowest BCUT2D eigenvalue weighted by Gasteiger charge is -2.20. The molecule has 0 unspecified atom stereocenters. The molecule has 0 fully saturated rings. The molecule has 1 rings (SSSR count). The molecule has 0 radical (unpaired) electrons. The Bertz CT molecular complexity index is 523. The number of rotatable bonds is 5. The van der Waals surface area contributed by atoms with Gasteiger partial charge in [-0.2, -0.15) is 0 Å². The molecule has 0 bridgehead atoms. The minimum atomic E-state index is -0.602. The number of nitrogens with zero attached hydrogens (tertiary/aromatic N) is 1. The summed E-state index contributed by atoms with van der Waals surface area (Å²) in [4.78, 5) is 21.9. The van der Waals surface area contributed by atoms with Crippen LogP contribution in [0.3, 0.4) is 0 Å². The second kappa shape index (κ2) is 6.92. The minimum Gasteiger partial charge on any atom is -0.494 e. The summed E-state index contributed by atoms with van der Waals surface area (Å²) in [7, 11) is 0. The molecule has 0 heterocycles. The van der Waals surface area contributed by atoms with Gasteiger partial charge in [0, 0.05) is 17.7 Å². The van der Waals surface area contributed by atoms with Crippen molar-refractivity contribution in [1.29, 1.82) is 0 Å². The van der Waals surface area contributed by atoms with Crippen molar-refractivity contribution in [3.63, 3.8) is 0 Å². The van der Waals surface area contributed by atoms with Gasteiger partial charge >= 0.3 is 6.09 Å². The first-order chi connectivity index (χ1) is 9.73. The van der Waals surface area contributed by atoms with Gasteiger partial charge in [-0.05, 0) is 33.8 Å². The number of ether oxygens (including phenoxy) is 2. The highest BCUT2D eigenvalue weighted by Crippen LogP contribution is 2.24. The number of nitrogens with one attached hydrogen (secondary N) is 1. The number of amides is 1. The molecule has 0 aromatic heterocycles. The third kappa shape index (κ3) is 5.68. The fourth-order valence-corrected chi connectivity index (χ4v) is 1.60. The second-order valence-electron chi connectivity index (χ2n) is 5.34. The van der Waals surface area contributed by atoms with E-state index < -0.39 is 16.6 Å². The van der Waals surface area contributed by atoms with Gasteiger partial charge in [-0.25, -0.2) is 4.79 Å². The molecule has 7 nitrogen and oxygen atoms in total. The first kappa shape index (κ1) is 16.7. The van der Waals surface area contributed by atoms with Crippen LogP contribution < -0.4 is 10.1 Å². The average molecular weight is 296 g/mol. The SMILES string of the molecule is CCOc1ccc([N+](=O)[O-])cc1CNC(=O)OC(C)(C)C. The molecular weight excluding hydrogens is 276 g/mol. The monoisotopic (exact) mass is 296 g/mol. The Hall–Kier alpha value is -2.31. The maximum Gasteiger partial charge on any atom is 0.407 e. The Morgan fingerprint density at radius 3 is 2.57 bits per heavy atom. The van der Waals surface area contributed by atoms with Crippen LogP contribution in [-0.2, 0) is 11.3 Å². The Kier molecular flexibility index (Phi) is 5.52. The van der Waals surface area contributed by atoms with Crippen molar-refractivity contribution in [2.45, 2.75) is 39.8 Å². The molecule has 0 aliphatic rings. The lowest BCUT2D eigenvalue weighted by Crippen LogP contribution is -2.32. The number of non-ortho nitro benzene ring substituents is 1. The molecular formula is C14H20N2O5. The van der Waals surface area contributed by atoms with Gasteiger partial charge in [0.05, 0.1) is 18.1 Å². The van der Waals surface area contributed by atoms with E-state index in [2.05, 4.69) is 5.32 Å². The molecule has 1 aromatic rings. The fraction of sp³-hybridized carbons (Fsp3) is 0.500. The fourth-order valence-electron chi connectivity index (χ4n) is 1.60. The van der Waals surface area contributed by atoms with Crippen LogP contribution in [-0.4, -0.2) is 23.2 Å². The summed E-state index contributed by atoms with van der Waals surface area (Å²) in [5.74, 6) is 0.499. The summed E-state index contributed by atoms with van der Waals surface area (Å²) in [6.45, 7) is 7.60. The van der Waals surface area contributed by atoms with Crippen LogP contribution in [0.25, 0.3) is 0 Å². The van der Waals surface area contributed by atoms with Crippen LogP contribution in [0.1, 0.15) is 33.3 Å². The molecule has 1 N–H and O–H groups in total. The van der Waals surface area contributed by atoms with Crippen LogP contribution in [0.15, 0.2) is 18.2 Å². The number of benzene rings is 1. The van der Waals surface area contributed by atoms with E-state index in [4.69, 9.17) is 9.47 Å². The molecule has 7 heteroatoms. The van der Waals surface area contributed by atoms with E-state index in [1.165, 1.54) is 18.2 Å². The standard InChI is InChI=1S/C14H20N2O5/c1-5-20-12-7-6-11(16(18)19)8-10(12)9-15-13(17)21-14(2,3)4/h6-8H,5,9H2,1-4H3,(H,15,17). The van der Waals surface area contributed by atoms with Crippen molar-refractivity contribution in [3.05, 3.63) is 33.9 Å². The zero-order valence-corrected chi connectivity index (χ0v) is 12.6. The van der Waals surface area contributed by atoms with Crippen molar-refractivity contribution in [1.82, 2.24) is 5.32 Å². The van der Waals surface area contributed by atoms with E-state index in [1.54, 1.807) is 20.8 Å². The molecule has 1 amide bonds. The van der Waals surface area contributed by atoms with E-state index in [1.807, 2.05) is 6.92 Å². The molecule has 0 aliphatic heterocycles. The van der Waals surface area contributed by atoms with Crippen molar-refractivity contribution >= 4 is 11.8 Å². The highest BCUT2D eigenvalue weighted by Gasteiger charge is 2.17. The first-order valence-corrected chi connectivity index (χ1v) is 6.60. The Morgan fingerprint density at radius 2 is 2.05 bits per heavy atom. The van der Waals surface area contributed by atoms with Gasteiger partial charge in [-0.15, -0.1) is 0 Å². The second-order valence-corrected chi connectivity index (χ2v) is 5.34. The number of alkyl carbamates (subject to hydrolysis) is 1. The van der Waals surface area contributed by atoms with Gasteiger partial charge in [0.25, 0.3) is 5.69 Å². The van der Waals surface area contributed by atoms with Gasteiger partial charge in [-0.3, -0.25) is 10.1 Å². The van der Waals surface area contributed by atoms with Crippen molar-refractivity contribution in [3.8, 4) is 5.75 Å². The van der Waals surface area contributed by atoms with Gasteiger partial charge < -0.3 is 14.8 Å². The Balaban J connectivity index is 2.82. The number of hydrogen-bond acceptors (Lipinski definition) is 5. The number of carbonyl (C=O) groups excluding carboxylic acids is 1. The normalized spacial score (nSPS) is 10.9. The van der Waals surface area contributed by atoms with Crippen LogP contribution in [0.5, 0.6) is 5.75 Å². The van der Waals surface area contributed by atoms with E-state index in [-0.39, 0.29) is 12.2 Å². The van der Waals surface area contributed by atoms with Gasteiger partial charge in [-0.1, -0.05) is 0 Å². The smallest absolute Gasteiger partial charge is 0.407 e. The number of nitro benzene ring substituents is 1. The summed E-state index contributed by atoms with van der Waals surface area (Å²) < 4.78 is 10.5. The Morgan fingerprint density at radius 1 is 1.38 bits per heavy atom. The molecule has 1 aromatic carbocycles. The van der Waals surface area contributed by atoms with Crippen molar-refractivity contribution in [2.75, 3.05) is 6.61 Å².